The summed E-state index contributed by atoms with van der Waals surface area (Å²) in [5, 5.41) is 1.28. The number of amides is 1. The van der Waals surface area contributed by atoms with Gasteiger partial charge in [0.05, 0.1) is 5.69 Å². The van der Waals surface area contributed by atoms with Gasteiger partial charge in [-0.15, -0.1) is 0 Å². The molecule has 2 rings (SSSR count). The second-order valence-electron chi connectivity index (χ2n) is 4.07. The lowest BCUT2D eigenvalue weighted by Gasteiger charge is -2.25. The van der Waals surface area contributed by atoms with Crippen molar-refractivity contribution in [3.63, 3.8) is 0 Å². The first-order chi connectivity index (χ1) is 8.18. The van der Waals surface area contributed by atoms with Crippen molar-refractivity contribution in [1.29, 1.82) is 0 Å². The van der Waals surface area contributed by atoms with Crippen LogP contribution in [0.2, 0.25) is 0 Å². The SMILES string of the molecule is NN(C(=O)C1CCSCC1)c1cccc(Br)c1. The van der Waals surface area contributed by atoms with Gasteiger partial charge in [0.2, 0.25) is 5.91 Å². The van der Waals surface area contributed by atoms with Crippen LogP contribution in [0.3, 0.4) is 0 Å². The van der Waals surface area contributed by atoms with Crippen LogP contribution in [0.1, 0.15) is 12.8 Å². The van der Waals surface area contributed by atoms with Gasteiger partial charge in [0.1, 0.15) is 0 Å². The summed E-state index contributed by atoms with van der Waals surface area (Å²) in [7, 11) is 0. The highest BCUT2D eigenvalue weighted by Crippen LogP contribution is 2.26. The predicted molar refractivity (Wildman–Crippen MR) is 75.9 cm³/mol. The topological polar surface area (TPSA) is 46.3 Å². The fraction of sp³-hybridized carbons (Fsp3) is 0.417. The molecule has 0 atom stereocenters. The number of benzene rings is 1. The third-order valence-corrected chi connectivity index (χ3v) is 4.44. The molecule has 1 aliphatic heterocycles. The molecule has 0 radical (unpaired) electrons. The van der Waals surface area contributed by atoms with E-state index in [0.717, 1.165) is 34.5 Å². The minimum Gasteiger partial charge on any atom is -0.273 e. The van der Waals surface area contributed by atoms with E-state index in [9.17, 15) is 4.79 Å². The quantitative estimate of drug-likeness (QED) is 0.518. The van der Waals surface area contributed by atoms with Crippen molar-refractivity contribution in [2.24, 2.45) is 11.8 Å². The van der Waals surface area contributed by atoms with E-state index in [1.165, 1.54) is 5.01 Å². The average molecular weight is 315 g/mol. The van der Waals surface area contributed by atoms with Gasteiger partial charge < -0.3 is 0 Å². The molecule has 0 saturated carbocycles. The van der Waals surface area contributed by atoms with Gasteiger partial charge in [0.15, 0.2) is 0 Å². The number of carbonyl (C=O) groups is 1. The molecule has 1 heterocycles. The second kappa shape index (κ2) is 5.89. The first-order valence-corrected chi connectivity index (χ1v) is 7.55. The van der Waals surface area contributed by atoms with Crippen molar-refractivity contribution >= 4 is 39.3 Å². The van der Waals surface area contributed by atoms with Crippen LogP contribution >= 0.6 is 27.7 Å². The molecule has 1 amide bonds. The molecule has 0 bridgehead atoms. The Balaban J connectivity index is 2.08. The Labute approximate surface area is 114 Å². The van der Waals surface area contributed by atoms with Gasteiger partial charge in [-0.3, -0.25) is 4.79 Å². The number of rotatable bonds is 2. The van der Waals surface area contributed by atoms with Crippen LogP contribution in [0.15, 0.2) is 28.7 Å². The lowest BCUT2D eigenvalue weighted by molar-refractivity contribution is -0.122. The van der Waals surface area contributed by atoms with Crippen molar-refractivity contribution in [2.45, 2.75) is 12.8 Å². The van der Waals surface area contributed by atoms with Crippen LogP contribution in [-0.2, 0) is 4.79 Å². The van der Waals surface area contributed by atoms with Crippen molar-refractivity contribution in [3.8, 4) is 0 Å². The standard InChI is InChI=1S/C12H15BrN2OS/c13-10-2-1-3-11(8-10)15(14)12(16)9-4-6-17-7-5-9/h1-3,8-9H,4-7,14H2. The number of hydrazine groups is 1. The van der Waals surface area contributed by atoms with E-state index >= 15 is 0 Å². The summed E-state index contributed by atoms with van der Waals surface area (Å²) in [5.74, 6) is 8.13. The summed E-state index contributed by atoms with van der Waals surface area (Å²) in [6.07, 6.45) is 1.87. The average Bonchev–Trinajstić information content (AvgIpc) is 2.38. The molecule has 1 aromatic rings. The molecule has 0 aliphatic carbocycles. The lowest BCUT2D eigenvalue weighted by Crippen LogP contribution is -2.42. The van der Waals surface area contributed by atoms with Gasteiger partial charge in [-0.25, -0.2) is 10.9 Å². The fourth-order valence-corrected chi connectivity index (χ4v) is 3.39. The van der Waals surface area contributed by atoms with Crippen LogP contribution in [0.5, 0.6) is 0 Å². The summed E-state index contributed by atoms with van der Waals surface area (Å²) in [6, 6.07) is 7.50. The number of carbonyl (C=O) groups excluding carboxylic acids is 1. The number of halogens is 1. The van der Waals surface area contributed by atoms with Crippen molar-refractivity contribution in [1.82, 2.24) is 0 Å². The molecule has 2 N–H and O–H groups in total. The Hall–Kier alpha value is -0.520. The van der Waals surface area contributed by atoms with Crippen LogP contribution in [-0.4, -0.2) is 17.4 Å². The zero-order valence-electron chi connectivity index (χ0n) is 9.43. The van der Waals surface area contributed by atoms with Gasteiger partial charge in [-0.05, 0) is 42.5 Å². The third kappa shape index (κ3) is 3.24. The van der Waals surface area contributed by atoms with Gasteiger partial charge in [-0.2, -0.15) is 11.8 Å². The largest absolute Gasteiger partial charge is 0.273 e. The van der Waals surface area contributed by atoms with Crippen molar-refractivity contribution in [2.75, 3.05) is 16.5 Å². The molecule has 0 unspecified atom stereocenters. The van der Waals surface area contributed by atoms with Crippen LogP contribution in [0.4, 0.5) is 5.69 Å². The summed E-state index contributed by atoms with van der Waals surface area (Å²) in [5.41, 5.74) is 0.739. The molecule has 0 aromatic heterocycles. The number of nitrogens with zero attached hydrogens (tertiary/aromatic N) is 1. The molecule has 1 fully saturated rings. The van der Waals surface area contributed by atoms with E-state index in [-0.39, 0.29) is 11.8 Å². The van der Waals surface area contributed by atoms with Gasteiger partial charge in [0, 0.05) is 10.4 Å². The van der Waals surface area contributed by atoms with Crippen LogP contribution in [0, 0.1) is 5.92 Å². The highest BCUT2D eigenvalue weighted by atomic mass is 79.9. The summed E-state index contributed by atoms with van der Waals surface area (Å²) in [4.78, 5) is 12.2. The van der Waals surface area contributed by atoms with E-state index in [1.54, 1.807) is 0 Å². The number of nitrogens with two attached hydrogens (primary N) is 1. The molecule has 92 valence electrons. The van der Waals surface area contributed by atoms with Crippen molar-refractivity contribution in [3.05, 3.63) is 28.7 Å². The molecule has 1 aromatic carbocycles. The Bertz CT molecular complexity index is 407. The van der Waals surface area contributed by atoms with Crippen LogP contribution in [0.25, 0.3) is 0 Å². The van der Waals surface area contributed by atoms with Gasteiger partial charge in [-0.1, -0.05) is 22.0 Å². The van der Waals surface area contributed by atoms with Gasteiger partial charge >= 0.3 is 0 Å². The minimum atomic E-state index is 0.0309. The minimum absolute atomic E-state index is 0.0309. The highest BCUT2D eigenvalue weighted by Gasteiger charge is 2.25. The Kier molecular flexibility index (Phi) is 4.48. The zero-order valence-corrected chi connectivity index (χ0v) is 11.8. The van der Waals surface area contributed by atoms with E-state index in [1.807, 2.05) is 36.0 Å². The molecule has 3 nitrogen and oxygen atoms in total. The molecular weight excluding hydrogens is 300 g/mol. The second-order valence-corrected chi connectivity index (χ2v) is 6.22. The molecular formula is C12H15BrN2OS. The first-order valence-electron chi connectivity index (χ1n) is 5.60. The Morgan fingerprint density at radius 1 is 1.41 bits per heavy atom. The number of hydrogen-bond acceptors (Lipinski definition) is 3. The van der Waals surface area contributed by atoms with E-state index in [4.69, 9.17) is 5.84 Å². The van der Waals surface area contributed by atoms with Crippen LogP contribution < -0.4 is 10.9 Å². The molecule has 1 saturated heterocycles. The third-order valence-electron chi connectivity index (χ3n) is 2.89. The maximum Gasteiger partial charge on any atom is 0.244 e. The summed E-state index contributed by atoms with van der Waals surface area (Å²) >= 11 is 5.29. The van der Waals surface area contributed by atoms with E-state index in [2.05, 4.69) is 15.9 Å². The Morgan fingerprint density at radius 3 is 2.76 bits per heavy atom. The summed E-state index contributed by atoms with van der Waals surface area (Å²) in [6.45, 7) is 0. The maximum atomic E-state index is 12.2. The van der Waals surface area contributed by atoms with E-state index in [0.29, 0.717) is 0 Å². The van der Waals surface area contributed by atoms with Crippen molar-refractivity contribution < 1.29 is 4.79 Å². The maximum absolute atomic E-state index is 12.2. The normalized spacial score (nSPS) is 16.8. The fourth-order valence-electron chi connectivity index (χ4n) is 1.89. The predicted octanol–water partition coefficient (Wildman–Crippen LogP) is 2.80. The zero-order chi connectivity index (χ0) is 12.3. The molecule has 0 spiro atoms. The van der Waals surface area contributed by atoms with E-state index < -0.39 is 0 Å². The lowest BCUT2D eigenvalue weighted by atomic mass is 10.0. The molecule has 17 heavy (non-hydrogen) atoms. The number of anilines is 1. The molecule has 5 heteroatoms. The monoisotopic (exact) mass is 314 g/mol. The highest BCUT2D eigenvalue weighted by molar-refractivity contribution is 9.10. The number of thioether (sulfide) groups is 1. The van der Waals surface area contributed by atoms with Gasteiger partial charge in [0.25, 0.3) is 0 Å². The number of hydrogen-bond donors (Lipinski definition) is 1. The summed E-state index contributed by atoms with van der Waals surface area (Å²) < 4.78 is 0.928. The first kappa shape index (κ1) is 12.9. The smallest absolute Gasteiger partial charge is 0.244 e. The molecule has 1 aliphatic rings. The Morgan fingerprint density at radius 2 is 2.12 bits per heavy atom.